The second kappa shape index (κ2) is 9.67. The number of nitrogens with one attached hydrogen (secondary N) is 1. The van der Waals surface area contributed by atoms with E-state index < -0.39 is 0 Å². The molecule has 0 aliphatic heterocycles. The van der Waals surface area contributed by atoms with Gasteiger partial charge in [0.15, 0.2) is 0 Å². The summed E-state index contributed by atoms with van der Waals surface area (Å²) in [4.78, 5) is 4.35. The van der Waals surface area contributed by atoms with Gasteiger partial charge in [-0.1, -0.05) is 39.0 Å². The van der Waals surface area contributed by atoms with Gasteiger partial charge < -0.3 is 10.1 Å². The molecule has 3 nitrogen and oxygen atoms in total. The van der Waals surface area contributed by atoms with Gasteiger partial charge in [-0.25, -0.2) is 0 Å². The largest absolute Gasteiger partial charge is 0.497 e. The predicted octanol–water partition coefficient (Wildman–Crippen LogP) is 5.88. The van der Waals surface area contributed by atoms with Crippen molar-refractivity contribution in [2.45, 2.75) is 33.1 Å². The van der Waals surface area contributed by atoms with Crippen LogP contribution in [0, 0.1) is 0 Å². The summed E-state index contributed by atoms with van der Waals surface area (Å²) in [6.07, 6.45) is 2.91. The number of ether oxygens (including phenoxy) is 1. The van der Waals surface area contributed by atoms with Gasteiger partial charge in [-0.2, -0.15) is 0 Å². The van der Waals surface area contributed by atoms with Gasteiger partial charge in [0, 0.05) is 23.8 Å². The molecule has 132 valence electrons. The Hall–Kier alpha value is -2.55. The minimum absolute atomic E-state index is 0.510. The number of nitrogens with zero attached hydrogens (tertiary/aromatic N) is 1. The van der Waals surface area contributed by atoms with Gasteiger partial charge in [-0.3, -0.25) is 4.98 Å². The molecular weight excluding hydrogens is 308 g/mol. The molecule has 0 spiro atoms. The van der Waals surface area contributed by atoms with Crippen molar-refractivity contribution >= 4 is 16.6 Å². The van der Waals surface area contributed by atoms with Crippen molar-refractivity contribution < 1.29 is 4.74 Å². The van der Waals surface area contributed by atoms with Crippen molar-refractivity contribution in [2.24, 2.45) is 0 Å². The SMILES string of the molecule is CC.COc1ccc(C(C)CCNc2ccc3ncccc3c2)cc1. The molecule has 2 aromatic carbocycles. The minimum atomic E-state index is 0.510. The molecule has 1 unspecified atom stereocenters. The quantitative estimate of drug-likeness (QED) is 0.611. The number of benzene rings is 2. The third-order valence-corrected chi connectivity index (χ3v) is 4.19. The number of rotatable bonds is 6. The number of hydrogen-bond donors (Lipinski definition) is 1. The normalized spacial score (nSPS) is 11.4. The Morgan fingerprint density at radius 3 is 2.52 bits per heavy atom. The van der Waals surface area contributed by atoms with E-state index in [1.54, 1.807) is 7.11 Å². The highest BCUT2D eigenvalue weighted by Gasteiger charge is 2.05. The van der Waals surface area contributed by atoms with E-state index in [-0.39, 0.29) is 0 Å². The maximum atomic E-state index is 5.21. The molecular formula is C22H28N2O. The van der Waals surface area contributed by atoms with Crippen LogP contribution in [-0.2, 0) is 0 Å². The first-order valence-electron chi connectivity index (χ1n) is 8.99. The van der Waals surface area contributed by atoms with Gasteiger partial charge in [0.2, 0.25) is 0 Å². The number of fused-ring (bicyclic) bond motifs is 1. The number of aromatic nitrogens is 1. The maximum Gasteiger partial charge on any atom is 0.118 e. The smallest absolute Gasteiger partial charge is 0.118 e. The first kappa shape index (κ1) is 18.8. The van der Waals surface area contributed by atoms with Gasteiger partial charge >= 0.3 is 0 Å². The minimum Gasteiger partial charge on any atom is -0.497 e. The van der Waals surface area contributed by atoms with E-state index in [9.17, 15) is 0 Å². The molecule has 0 aliphatic rings. The van der Waals surface area contributed by atoms with Crippen LogP contribution >= 0.6 is 0 Å². The fraction of sp³-hybridized carbons (Fsp3) is 0.318. The summed E-state index contributed by atoms with van der Waals surface area (Å²) in [6.45, 7) is 7.20. The Labute approximate surface area is 151 Å². The maximum absolute atomic E-state index is 5.21. The highest BCUT2D eigenvalue weighted by Crippen LogP contribution is 2.22. The number of hydrogen-bond acceptors (Lipinski definition) is 3. The summed E-state index contributed by atoms with van der Waals surface area (Å²) in [5.41, 5.74) is 3.52. The highest BCUT2D eigenvalue weighted by atomic mass is 16.5. The van der Waals surface area contributed by atoms with Crippen molar-refractivity contribution in [1.82, 2.24) is 4.98 Å². The van der Waals surface area contributed by atoms with Crippen LogP contribution in [0.1, 0.15) is 38.7 Å². The zero-order valence-electron chi connectivity index (χ0n) is 15.6. The summed E-state index contributed by atoms with van der Waals surface area (Å²) in [5, 5.41) is 4.67. The summed E-state index contributed by atoms with van der Waals surface area (Å²) in [5.74, 6) is 1.42. The fourth-order valence-corrected chi connectivity index (χ4v) is 2.72. The average molecular weight is 336 g/mol. The molecule has 1 atom stereocenters. The standard InChI is InChI=1S/C20H22N2O.C2H6/c1-15(16-5-8-19(23-2)9-6-16)11-13-21-18-7-10-20-17(14-18)4-3-12-22-20;1-2/h3-10,12,14-15,21H,11,13H2,1-2H3;1-2H3. The van der Waals surface area contributed by atoms with Gasteiger partial charge in [0.25, 0.3) is 0 Å². The predicted molar refractivity (Wildman–Crippen MR) is 108 cm³/mol. The second-order valence-corrected chi connectivity index (χ2v) is 5.80. The molecule has 25 heavy (non-hydrogen) atoms. The first-order chi connectivity index (χ1) is 12.3. The lowest BCUT2D eigenvalue weighted by atomic mass is 9.98. The molecule has 0 saturated heterocycles. The van der Waals surface area contributed by atoms with Crippen molar-refractivity contribution in [2.75, 3.05) is 19.0 Å². The Morgan fingerprint density at radius 1 is 1.04 bits per heavy atom. The van der Waals surface area contributed by atoms with Gasteiger partial charge in [0.05, 0.1) is 12.6 Å². The molecule has 0 fully saturated rings. The third-order valence-electron chi connectivity index (χ3n) is 4.19. The van der Waals surface area contributed by atoms with E-state index in [4.69, 9.17) is 4.74 Å². The molecule has 3 rings (SSSR count). The Kier molecular flexibility index (Phi) is 7.27. The van der Waals surface area contributed by atoms with Crippen molar-refractivity contribution in [1.29, 1.82) is 0 Å². The van der Waals surface area contributed by atoms with Crippen molar-refractivity contribution in [3.8, 4) is 5.75 Å². The first-order valence-corrected chi connectivity index (χ1v) is 8.99. The van der Waals surface area contributed by atoms with E-state index in [1.807, 2.05) is 38.2 Å². The summed E-state index contributed by atoms with van der Waals surface area (Å²) in [7, 11) is 1.70. The van der Waals surface area contributed by atoms with Gasteiger partial charge in [-0.15, -0.1) is 0 Å². The van der Waals surface area contributed by atoms with E-state index in [2.05, 4.69) is 53.6 Å². The van der Waals surface area contributed by atoms with Crippen LogP contribution in [0.2, 0.25) is 0 Å². The van der Waals surface area contributed by atoms with E-state index in [1.165, 1.54) is 10.9 Å². The monoisotopic (exact) mass is 336 g/mol. The third kappa shape index (κ3) is 5.21. The molecule has 3 aromatic rings. The molecule has 0 aliphatic carbocycles. The van der Waals surface area contributed by atoms with Crippen LogP contribution in [0.3, 0.4) is 0 Å². The highest BCUT2D eigenvalue weighted by molar-refractivity contribution is 5.82. The van der Waals surface area contributed by atoms with Gasteiger partial charge in [0.1, 0.15) is 5.75 Å². The van der Waals surface area contributed by atoms with Crippen LogP contribution in [0.25, 0.3) is 10.9 Å². The lowest BCUT2D eigenvalue weighted by Gasteiger charge is -2.14. The molecule has 0 amide bonds. The van der Waals surface area contributed by atoms with Crippen molar-refractivity contribution in [3.63, 3.8) is 0 Å². The molecule has 1 N–H and O–H groups in total. The van der Waals surface area contributed by atoms with Crippen LogP contribution in [0.15, 0.2) is 60.8 Å². The second-order valence-electron chi connectivity index (χ2n) is 5.80. The molecule has 1 aromatic heterocycles. The van der Waals surface area contributed by atoms with E-state index in [0.29, 0.717) is 5.92 Å². The summed E-state index contributed by atoms with van der Waals surface area (Å²) >= 11 is 0. The molecule has 0 bridgehead atoms. The van der Waals surface area contributed by atoms with Crippen molar-refractivity contribution in [3.05, 3.63) is 66.4 Å². The Morgan fingerprint density at radius 2 is 1.80 bits per heavy atom. The van der Waals surface area contributed by atoms with Crippen LogP contribution < -0.4 is 10.1 Å². The molecule has 0 saturated carbocycles. The van der Waals surface area contributed by atoms with Crippen LogP contribution in [-0.4, -0.2) is 18.6 Å². The molecule has 3 heteroatoms. The van der Waals surface area contributed by atoms with Gasteiger partial charge in [-0.05, 0) is 54.3 Å². The summed E-state index contributed by atoms with van der Waals surface area (Å²) in [6, 6.07) is 18.7. The lowest BCUT2D eigenvalue weighted by molar-refractivity contribution is 0.414. The number of pyridine rings is 1. The average Bonchev–Trinajstić information content (AvgIpc) is 2.69. The fourth-order valence-electron chi connectivity index (χ4n) is 2.72. The van der Waals surface area contributed by atoms with E-state index >= 15 is 0 Å². The summed E-state index contributed by atoms with van der Waals surface area (Å²) < 4.78 is 5.21. The Balaban J connectivity index is 0.00000109. The van der Waals surface area contributed by atoms with E-state index in [0.717, 1.165) is 29.9 Å². The Bertz CT molecular complexity index is 768. The van der Waals surface area contributed by atoms with Crippen LogP contribution in [0.4, 0.5) is 5.69 Å². The van der Waals surface area contributed by atoms with Crippen LogP contribution in [0.5, 0.6) is 5.75 Å². The number of anilines is 1. The zero-order valence-corrected chi connectivity index (χ0v) is 15.6. The lowest BCUT2D eigenvalue weighted by Crippen LogP contribution is -2.06. The molecule has 1 heterocycles. The number of methoxy groups -OCH3 is 1. The molecule has 0 radical (unpaired) electrons. The topological polar surface area (TPSA) is 34.1 Å². The zero-order chi connectivity index (χ0) is 18.1.